The first-order chi connectivity index (χ1) is 17.6. The first-order valence-electron chi connectivity index (χ1n) is 11.4. The molecule has 0 fully saturated rings. The van der Waals surface area contributed by atoms with Crippen molar-refractivity contribution in [2.75, 3.05) is 13.1 Å². The van der Waals surface area contributed by atoms with Gasteiger partial charge in [0, 0.05) is 6.54 Å². The van der Waals surface area contributed by atoms with Gasteiger partial charge in [-0.1, -0.05) is 42.5 Å². The number of carbonyl (C=O) groups is 2. The van der Waals surface area contributed by atoms with Crippen LogP contribution in [0, 0.1) is 0 Å². The number of nitrogens with one attached hydrogen (secondary N) is 1. The predicted molar refractivity (Wildman–Crippen MR) is 131 cm³/mol. The molecule has 3 rings (SSSR count). The van der Waals surface area contributed by atoms with Crippen molar-refractivity contribution < 1.29 is 42.4 Å². The second-order valence-corrected chi connectivity index (χ2v) is 7.80. The van der Waals surface area contributed by atoms with Gasteiger partial charge in [-0.05, 0) is 66.9 Å². The fourth-order valence-electron chi connectivity index (χ4n) is 3.02. The van der Waals surface area contributed by atoms with Crippen molar-refractivity contribution in [2.24, 2.45) is 0 Å². The lowest BCUT2D eigenvalue weighted by Crippen LogP contribution is -2.21. The molecule has 198 valence electrons. The fraction of sp³-hybridized carbons (Fsp3) is 0.259. The highest BCUT2D eigenvalue weighted by Gasteiger charge is 2.38. The Morgan fingerprint density at radius 1 is 0.784 bits per heavy atom. The Balaban J connectivity index is 0.000000604. The first-order valence-corrected chi connectivity index (χ1v) is 11.4. The summed E-state index contributed by atoms with van der Waals surface area (Å²) in [5.41, 5.74) is 2.24. The smallest absolute Gasteiger partial charge is 0.489 e. The van der Waals surface area contributed by atoms with Crippen molar-refractivity contribution in [1.82, 2.24) is 5.32 Å². The van der Waals surface area contributed by atoms with Crippen LogP contribution < -0.4 is 14.8 Å². The second kappa shape index (κ2) is 15.1. The summed E-state index contributed by atoms with van der Waals surface area (Å²) in [6, 6.07) is 25.7. The van der Waals surface area contributed by atoms with Crippen molar-refractivity contribution in [1.29, 1.82) is 0 Å². The largest absolute Gasteiger partial charge is 0.490 e. The molecule has 0 aliphatic rings. The maximum atomic E-state index is 10.6. The normalized spacial score (nSPS) is 10.7. The van der Waals surface area contributed by atoms with E-state index in [0.29, 0.717) is 13.2 Å². The van der Waals surface area contributed by atoms with Crippen molar-refractivity contribution in [3.05, 3.63) is 90.0 Å². The zero-order chi connectivity index (χ0) is 27.1. The van der Waals surface area contributed by atoms with Crippen molar-refractivity contribution in [3.63, 3.8) is 0 Å². The molecule has 0 heterocycles. The van der Waals surface area contributed by atoms with Crippen LogP contribution in [0.2, 0.25) is 0 Å². The number of halogens is 3. The number of aryl methyl sites for hydroxylation is 1. The Morgan fingerprint density at radius 3 is 2.03 bits per heavy atom. The van der Waals surface area contributed by atoms with E-state index in [4.69, 9.17) is 24.5 Å². The average Bonchev–Trinajstić information content (AvgIpc) is 2.86. The van der Waals surface area contributed by atoms with Gasteiger partial charge in [-0.15, -0.1) is 0 Å². The molecule has 0 aromatic heterocycles. The fourth-order valence-corrected chi connectivity index (χ4v) is 3.02. The van der Waals surface area contributed by atoms with Gasteiger partial charge in [0.15, 0.2) is 0 Å². The molecule has 0 unspecified atom stereocenters. The summed E-state index contributed by atoms with van der Waals surface area (Å²) >= 11 is 0. The van der Waals surface area contributed by atoms with Crippen LogP contribution in [-0.2, 0) is 22.6 Å². The van der Waals surface area contributed by atoms with Gasteiger partial charge in [0.1, 0.15) is 23.9 Å². The number of aliphatic carboxylic acids is 2. The number of carboxylic acid groups (broad SMARTS) is 2. The Bertz CT molecular complexity index is 1120. The Morgan fingerprint density at radius 2 is 1.38 bits per heavy atom. The number of hydrogen-bond acceptors (Lipinski definition) is 5. The topological polar surface area (TPSA) is 105 Å². The van der Waals surface area contributed by atoms with Crippen LogP contribution in [0.1, 0.15) is 24.0 Å². The number of hydrogen-bond donors (Lipinski definition) is 3. The number of benzene rings is 3. The highest BCUT2D eigenvalue weighted by atomic mass is 19.4. The summed E-state index contributed by atoms with van der Waals surface area (Å²) in [4.78, 5) is 19.4. The molecule has 0 saturated heterocycles. The van der Waals surface area contributed by atoms with E-state index in [-0.39, 0.29) is 6.42 Å². The predicted octanol–water partition coefficient (Wildman–Crippen LogP) is 5.69. The maximum absolute atomic E-state index is 10.6. The third kappa shape index (κ3) is 12.5. The van der Waals surface area contributed by atoms with Gasteiger partial charge in [0.05, 0.1) is 6.42 Å². The molecule has 0 radical (unpaired) electrons. The van der Waals surface area contributed by atoms with Gasteiger partial charge < -0.3 is 25.0 Å². The van der Waals surface area contributed by atoms with E-state index in [2.05, 4.69) is 17.4 Å². The summed E-state index contributed by atoms with van der Waals surface area (Å²) in [5.74, 6) is -1.11. The molecule has 3 aromatic carbocycles. The minimum atomic E-state index is -5.08. The lowest BCUT2D eigenvalue weighted by atomic mass is 10.1. The summed E-state index contributed by atoms with van der Waals surface area (Å²) in [6.07, 6.45) is -3.07. The Hall–Kier alpha value is -4.05. The maximum Gasteiger partial charge on any atom is 0.490 e. The van der Waals surface area contributed by atoms with Crippen LogP contribution >= 0.6 is 0 Å². The first kappa shape index (κ1) is 29.2. The molecule has 37 heavy (non-hydrogen) atoms. The molecule has 0 atom stereocenters. The van der Waals surface area contributed by atoms with E-state index in [9.17, 15) is 18.0 Å². The Labute approximate surface area is 212 Å². The standard InChI is InChI=1S/C25H27NO4.C2HF3O2/c27-25(28)14-16-26-15-6-9-20-7-4-12-23(17-20)29-19-21-8-5-13-24(18-21)30-22-10-2-1-3-11-22;3-2(4,5)1(6)7/h1-5,7-8,10-13,17-18,26H,6,9,14-16,19H2,(H,27,28);(H,6,7). The number of carboxylic acids is 2. The van der Waals surface area contributed by atoms with E-state index in [1.165, 1.54) is 5.56 Å². The van der Waals surface area contributed by atoms with Crippen molar-refractivity contribution in [3.8, 4) is 17.2 Å². The molecule has 7 nitrogen and oxygen atoms in total. The van der Waals surface area contributed by atoms with Crippen LogP contribution in [-0.4, -0.2) is 41.4 Å². The van der Waals surface area contributed by atoms with E-state index in [1.807, 2.05) is 66.7 Å². The van der Waals surface area contributed by atoms with Gasteiger partial charge in [-0.2, -0.15) is 13.2 Å². The molecule has 3 N–H and O–H groups in total. The van der Waals surface area contributed by atoms with Gasteiger partial charge in [0.2, 0.25) is 0 Å². The molecular formula is C27H28F3NO6. The third-order valence-corrected chi connectivity index (χ3v) is 4.76. The minimum absolute atomic E-state index is 0.154. The number of alkyl halides is 3. The summed E-state index contributed by atoms with van der Waals surface area (Å²) < 4.78 is 43.6. The summed E-state index contributed by atoms with van der Waals surface area (Å²) in [6.45, 7) is 1.77. The molecule has 10 heteroatoms. The van der Waals surface area contributed by atoms with Crippen molar-refractivity contribution >= 4 is 11.9 Å². The quantitative estimate of drug-likeness (QED) is 0.264. The summed E-state index contributed by atoms with van der Waals surface area (Å²) in [7, 11) is 0. The molecule has 0 spiro atoms. The van der Waals surface area contributed by atoms with Crippen LogP contribution in [0.4, 0.5) is 13.2 Å². The second-order valence-electron chi connectivity index (χ2n) is 7.80. The lowest BCUT2D eigenvalue weighted by Gasteiger charge is -2.10. The molecule has 3 aromatic rings. The zero-order valence-corrected chi connectivity index (χ0v) is 19.9. The lowest BCUT2D eigenvalue weighted by molar-refractivity contribution is -0.192. The SMILES string of the molecule is O=C(O)C(F)(F)F.O=C(O)CCNCCCc1cccc(OCc2cccc(Oc3ccccc3)c2)c1. The molecule has 0 saturated carbocycles. The molecule has 0 aliphatic carbocycles. The van der Waals surface area contributed by atoms with Crippen LogP contribution in [0.3, 0.4) is 0 Å². The molecule has 0 amide bonds. The van der Waals surface area contributed by atoms with Crippen LogP contribution in [0.5, 0.6) is 17.2 Å². The minimum Gasteiger partial charge on any atom is -0.489 e. The summed E-state index contributed by atoms with van der Waals surface area (Å²) in [5, 5.41) is 18.9. The van der Waals surface area contributed by atoms with Gasteiger partial charge in [-0.25, -0.2) is 4.79 Å². The monoisotopic (exact) mass is 519 g/mol. The highest BCUT2D eigenvalue weighted by Crippen LogP contribution is 2.23. The molecular weight excluding hydrogens is 491 g/mol. The number of rotatable bonds is 12. The van der Waals surface area contributed by atoms with Gasteiger partial charge >= 0.3 is 18.1 Å². The van der Waals surface area contributed by atoms with Crippen LogP contribution in [0.25, 0.3) is 0 Å². The average molecular weight is 520 g/mol. The van der Waals surface area contributed by atoms with Gasteiger partial charge in [-0.3, -0.25) is 4.79 Å². The van der Waals surface area contributed by atoms with Crippen molar-refractivity contribution in [2.45, 2.75) is 32.0 Å². The van der Waals surface area contributed by atoms with E-state index < -0.39 is 18.1 Å². The highest BCUT2D eigenvalue weighted by molar-refractivity contribution is 5.73. The van der Waals surface area contributed by atoms with Crippen LogP contribution in [0.15, 0.2) is 78.9 Å². The Kier molecular flexibility index (Phi) is 11.9. The van der Waals surface area contributed by atoms with E-state index >= 15 is 0 Å². The van der Waals surface area contributed by atoms with Gasteiger partial charge in [0.25, 0.3) is 0 Å². The number of para-hydroxylation sites is 1. The third-order valence-electron chi connectivity index (χ3n) is 4.76. The molecule has 0 bridgehead atoms. The van der Waals surface area contributed by atoms with E-state index in [1.54, 1.807) is 0 Å². The number of ether oxygens (including phenoxy) is 2. The molecule has 0 aliphatic heterocycles. The van der Waals surface area contributed by atoms with E-state index in [0.717, 1.165) is 42.2 Å². The zero-order valence-electron chi connectivity index (χ0n) is 19.9.